The van der Waals surface area contributed by atoms with Crippen LogP contribution < -0.4 is 0 Å². The summed E-state index contributed by atoms with van der Waals surface area (Å²) in [7, 11) is 0. The van der Waals surface area contributed by atoms with Gasteiger partial charge in [-0.05, 0) is 25.1 Å². The molecule has 0 aliphatic carbocycles. The summed E-state index contributed by atoms with van der Waals surface area (Å²) in [6, 6.07) is 2.00. The molecule has 12 heavy (non-hydrogen) atoms. The molecule has 68 valence electrons. The minimum absolute atomic E-state index is 0.128. The van der Waals surface area contributed by atoms with Crippen LogP contribution >= 0.6 is 24.0 Å². The van der Waals surface area contributed by atoms with Gasteiger partial charge < -0.3 is 4.74 Å². The zero-order valence-corrected chi connectivity index (χ0v) is 9.17. The van der Waals surface area contributed by atoms with E-state index in [0.29, 0.717) is 16.1 Å². The van der Waals surface area contributed by atoms with Gasteiger partial charge in [0.05, 0.1) is 17.9 Å². The fourth-order valence-corrected chi connectivity index (χ4v) is 1.14. The lowest BCUT2D eigenvalue weighted by Gasteiger charge is -2.17. The topological polar surface area (TPSA) is 33.0 Å². The second-order valence-electron chi connectivity index (χ2n) is 2.76. The standard InChI is InChI=1S/C8H13NOS2/c1-6(2)7(3)10-8(11)12-5-4-9/h6-7H,5H2,1-3H3. The maximum atomic E-state index is 8.27. The summed E-state index contributed by atoms with van der Waals surface area (Å²) >= 11 is 6.17. The zero-order valence-electron chi connectivity index (χ0n) is 7.53. The zero-order chi connectivity index (χ0) is 9.56. The lowest BCUT2D eigenvalue weighted by molar-refractivity contribution is 0.168. The first-order valence-corrected chi connectivity index (χ1v) is 5.17. The first-order chi connectivity index (χ1) is 5.57. The second kappa shape index (κ2) is 6.27. The molecular formula is C8H13NOS2. The van der Waals surface area contributed by atoms with Crippen LogP contribution in [0, 0.1) is 17.2 Å². The summed E-state index contributed by atoms with van der Waals surface area (Å²) in [6.07, 6.45) is 0.128. The maximum absolute atomic E-state index is 8.27. The molecule has 0 aromatic heterocycles. The average molecular weight is 203 g/mol. The van der Waals surface area contributed by atoms with Crippen LogP contribution in [0.1, 0.15) is 20.8 Å². The average Bonchev–Trinajstić information content (AvgIpc) is 2.00. The van der Waals surface area contributed by atoms with E-state index in [2.05, 4.69) is 13.8 Å². The van der Waals surface area contributed by atoms with Gasteiger partial charge in [-0.25, -0.2) is 0 Å². The molecule has 0 radical (unpaired) electrons. The summed E-state index contributed by atoms with van der Waals surface area (Å²) in [4.78, 5) is 0. The van der Waals surface area contributed by atoms with Crippen molar-refractivity contribution in [3.63, 3.8) is 0 Å². The number of hydrogen-bond donors (Lipinski definition) is 0. The molecule has 0 aromatic carbocycles. The number of hydrogen-bond acceptors (Lipinski definition) is 4. The Hall–Kier alpha value is -0.270. The molecule has 2 nitrogen and oxygen atoms in total. The van der Waals surface area contributed by atoms with Gasteiger partial charge in [0.2, 0.25) is 4.38 Å². The monoisotopic (exact) mass is 203 g/mol. The summed E-state index contributed by atoms with van der Waals surface area (Å²) in [5.41, 5.74) is 0. The summed E-state index contributed by atoms with van der Waals surface area (Å²) in [6.45, 7) is 6.12. The van der Waals surface area contributed by atoms with Gasteiger partial charge in [0.25, 0.3) is 0 Å². The van der Waals surface area contributed by atoms with Crippen LogP contribution in [0.15, 0.2) is 0 Å². The number of rotatable bonds is 3. The van der Waals surface area contributed by atoms with E-state index in [1.165, 1.54) is 11.8 Å². The van der Waals surface area contributed by atoms with Gasteiger partial charge >= 0.3 is 0 Å². The third-order valence-electron chi connectivity index (χ3n) is 1.48. The Balaban J connectivity index is 3.63. The third-order valence-corrected chi connectivity index (χ3v) is 2.53. The highest BCUT2D eigenvalue weighted by Crippen LogP contribution is 2.12. The van der Waals surface area contributed by atoms with Gasteiger partial charge in [-0.3, -0.25) is 0 Å². The Labute approximate surface area is 83.3 Å². The quantitative estimate of drug-likeness (QED) is 0.660. The molecule has 0 rings (SSSR count). The van der Waals surface area contributed by atoms with Gasteiger partial charge in [0.1, 0.15) is 0 Å². The van der Waals surface area contributed by atoms with Gasteiger partial charge in [-0.2, -0.15) is 5.26 Å². The second-order valence-corrected chi connectivity index (χ2v) is 4.34. The van der Waals surface area contributed by atoms with Gasteiger partial charge in [0.15, 0.2) is 0 Å². The number of thioether (sulfide) groups is 1. The summed E-state index contributed by atoms with van der Waals surface area (Å²) < 4.78 is 5.83. The molecule has 0 saturated heterocycles. The first-order valence-electron chi connectivity index (χ1n) is 3.78. The molecule has 0 aliphatic rings. The molecule has 0 saturated carbocycles. The number of thiocarbonyl (C=S) groups is 1. The van der Waals surface area contributed by atoms with Crippen molar-refractivity contribution in [1.29, 1.82) is 5.26 Å². The van der Waals surface area contributed by atoms with E-state index in [9.17, 15) is 0 Å². The van der Waals surface area contributed by atoms with Crippen molar-refractivity contribution in [2.45, 2.75) is 26.9 Å². The van der Waals surface area contributed by atoms with E-state index < -0.39 is 0 Å². The van der Waals surface area contributed by atoms with Gasteiger partial charge in [-0.15, -0.1) is 0 Å². The van der Waals surface area contributed by atoms with Crippen LogP contribution in [0.4, 0.5) is 0 Å². The van der Waals surface area contributed by atoms with Crippen molar-refractivity contribution in [1.82, 2.24) is 0 Å². The smallest absolute Gasteiger partial charge is 0.221 e. The molecule has 0 aromatic rings. The Kier molecular flexibility index (Phi) is 6.13. The predicted molar refractivity (Wildman–Crippen MR) is 56.1 cm³/mol. The molecule has 0 bridgehead atoms. The van der Waals surface area contributed by atoms with Crippen LogP contribution in [-0.2, 0) is 4.74 Å². The lowest BCUT2D eigenvalue weighted by Crippen LogP contribution is -2.17. The number of nitriles is 1. The van der Waals surface area contributed by atoms with Crippen LogP contribution in [0.25, 0.3) is 0 Å². The highest BCUT2D eigenvalue weighted by Gasteiger charge is 2.10. The molecule has 0 N–H and O–H groups in total. The van der Waals surface area contributed by atoms with Gasteiger partial charge in [0, 0.05) is 0 Å². The number of ether oxygens (including phenoxy) is 1. The van der Waals surface area contributed by atoms with Crippen molar-refractivity contribution >= 4 is 28.4 Å². The lowest BCUT2D eigenvalue weighted by atomic mass is 10.1. The molecule has 0 fully saturated rings. The Morgan fingerprint density at radius 2 is 2.17 bits per heavy atom. The Morgan fingerprint density at radius 1 is 1.58 bits per heavy atom. The van der Waals surface area contributed by atoms with E-state index >= 15 is 0 Å². The third kappa shape index (κ3) is 5.39. The van der Waals surface area contributed by atoms with Crippen molar-refractivity contribution in [3.8, 4) is 6.07 Å². The van der Waals surface area contributed by atoms with E-state index in [-0.39, 0.29) is 6.10 Å². The minimum atomic E-state index is 0.128. The first kappa shape index (κ1) is 11.7. The van der Waals surface area contributed by atoms with Crippen molar-refractivity contribution in [2.24, 2.45) is 5.92 Å². The van der Waals surface area contributed by atoms with E-state index in [0.717, 1.165) is 0 Å². The van der Waals surface area contributed by atoms with Gasteiger partial charge in [-0.1, -0.05) is 25.6 Å². The Morgan fingerprint density at radius 3 is 2.58 bits per heavy atom. The van der Waals surface area contributed by atoms with E-state index in [4.69, 9.17) is 22.2 Å². The summed E-state index contributed by atoms with van der Waals surface area (Å²) in [5.74, 6) is 0.814. The molecule has 0 heterocycles. The molecular weight excluding hydrogens is 190 g/mol. The van der Waals surface area contributed by atoms with E-state index in [1.54, 1.807) is 0 Å². The van der Waals surface area contributed by atoms with Crippen molar-refractivity contribution in [3.05, 3.63) is 0 Å². The SMILES string of the molecule is CC(C)C(C)OC(=S)SCC#N. The van der Waals surface area contributed by atoms with Crippen molar-refractivity contribution < 1.29 is 4.74 Å². The normalized spacial score (nSPS) is 12.2. The fraction of sp³-hybridized carbons (Fsp3) is 0.750. The van der Waals surface area contributed by atoms with E-state index in [1.807, 2.05) is 13.0 Å². The molecule has 4 heteroatoms. The minimum Gasteiger partial charge on any atom is -0.475 e. The molecule has 0 spiro atoms. The molecule has 0 aliphatic heterocycles. The van der Waals surface area contributed by atoms with Crippen LogP contribution in [0.5, 0.6) is 0 Å². The largest absolute Gasteiger partial charge is 0.475 e. The molecule has 1 unspecified atom stereocenters. The van der Waals surface area contributed by atoms with Crippen LogP contribution in [0.3, 0.4) is 0 Å². The molecule has 0 amide bonds. The van der Waals surface area contributed by atoms with Crippen LogP contribution in [0.2, 0.25) is 0 Å². The molecule has 1 atom stereocenters. The highest BCUT2D eigenvalue weighted by atomic mass is 32.2. The van der Waals surface area contributed by atoms with Crippen LogP contribution in [-0.4, -0.2) is 16.2 Å². The van der Waals surface area contributed by atoms with Crippen molar-refractivity contribution in [2.75, 3.05) is 5.75 Å². The fourth-order valence-electron chi connectivity index (χ4n) is 0.413. The number of nitrogens with zero attached hydrogens (tertiary/aromatic N) is 1. The maximum Gasteiger partial charge on any atom is 0.221 e. The predicted octanol–water partition coefficient (Wildman–Crippen LogP) is 2.59. The Bertz CT molecular complexity index is 186. The summed E-state index contributed by atoms with van der Waals surface area (Å²) in [5, 5.41) is 8.27. The highest BCUT2D eigenvalue weighted by molar-refractivity contribution is 8.22.